The van der Waals surface area contributed by atoms with Crippen molar-refractivity contribution in [2.24, 2.45) is 5.73 Å². The van der Waals surface area contributed by atoms with Gasteiger partial charge in [0.05, 0.1) is 36.1 Å². The second kappa shape index (κ2) is 8.80. The molecule has 0 saturated carbocycles. The maximum absolute atomic E-state index is 14.1. The van der Waals surface area contributed by atoms with Gasteiger partial charge in [0.1, 0.15) is 0 Å². The van der Waals surface area contributed by atoms with Crippen LogP contribution in [0.3, 0.4) is 0 Å². The van der Waals surface area contributed by atoms with E-state index in [1.807, 2.05) is 53.7 Å². The normalized spacial score (nSPS) is 16.5. The minimum absolute atomic E-state index is 0.0155. The van der Waals surface area contributed by atoms with E-state index in [9.17, 15) is 9.59 Å². The van der Waals surface area contributed by atoms with Gasteiger partial charge < -0.3 is 15.5 Å². The number of aromatic nitrogens is 3. The van der Waals surface area contributed by atoms with Gasteiger partial charge in [-0.1, -0.05) is 30.3 Å². The number of anilines is 1. The summed E-state index contributed by atoms with van der Waals surface area (Å²) in [6.45, 7) is 1.32. The van der Waals surface area contributed by atoms with Crippen molar-refractivity contribution in [3.05, 3.63) is 84.7 Å². The Bertz CT molecular complexity index is 1460. The number of rotatable bonds is 4. The van der Waals surface area contributed by atoms with E-state index < -0.39 is 5.41 Å². The van der Waals surface area contributed by atoms with E-state index in [1.54, 1.807) is 23.5 Å². The van der Waals surface area contributed by atoms with Crippen molar-refractivity contribution in [2.75, 3.05) is 24.5 Å². The van der Waals surface area contributed by atoms with Gasteiger partial charge in [-0.25, -0.2) is 0 Å². The van der Waals surface area contributed by atoms with Crippen molar-refractivity contribution in [2.45, 2.75) is 24.8 Å². The number of carbonyl (C=O) groups is 2. The Kier molecular flexibility index (Phi) is 5.45. The first-order chi connectivity index (χ1) is 17.6. The van der Waals surface area contributed by atoms with Gasteiger partial charge in [0.25, 0.3) is 0 Å². The standard InChI is InChI=1S/C28H26N6O2/c29-14-25(35)33-12-8-28(9-13-33)22-7-11-31-17-24(22)34(27(28)36)18-23-26(20-5-3-10-30-15-20)21-6-2-1-4-19(21)16-32-23/h1-7,10-11,15-17H,8-9,12-14,18,29H2. The lowest BCUT2D eigenvalue weighted by Gasteiger charge is -2.38. The topological polar surface area (TPSA) is 105 Å². The number of fused-ring (bicyclic) bond motifs is 3. The van der Waals surface area contributed by atoms with Gasteiger partial charge in [-0.2, -0.15) is 0 Å². The molecule has 0 atom stereocenters. The highest BCUT2D eigenvalue weighted by atomic mass is 16.2. The van der Waals surface area contributed by atoms with Crippen molar-refractivity contribution in [3.8, 4) is 11.1 Å². The Labute approximate surface area is 208 Å². The van der Waals surface area contributed by atoms with Crippen LogP contribution in [-0.2, 0) is 21.5 Å². The molecule has 2 amide bonds. The molecule has 8 nitrogen and oxygen atoms in total. The molecule has 0 radical (unpaired) electrons. The van der Waals surface area contributed by atoms with Crippen molar-refractivity contribution >= 4 is 28.3 Å². The number of nitrogens with two attached hydrogens (primary N) is 1. The molecule has 6 rings (SSSR count). The fourth-order valence-corrected chi connectivity index (χ4v) is 5.70. The van der Waals surface area contributed by atoms with E-state index in [0.717, 1.165) is 38.8 Å². The molecule has 1 aromatic carbocycles. The fraction of sp³-hybridized carbons (Fsp3) is 0.250. The Morgan fingerprint density at radius 2 is 1.78 bits per heavy atom. The van der Waals surface area contributed by atoms with E-state index in [0.29, 0.717) is 32.5 Å². The lowest BCUT2D eigenvalue weighted by molar-refractivity contribution is -0.134. The molecule has 0 aliphatic carbocycles. The van der Waals surface area contributed by atoms with Crippen molar-refractivity contribution in [3.63, 3.8) is 0 Å². The Balaban J connectivity index is 1.42. The van der Waals surface area contributed by atoms with Crippen LogP contribution in [0.4, 0.5) is 5.69 Å². The predicted molar refractivity (Wildman–Crippen MR) is 137 cm³/mol. The highest BCUT2D eigenvalue weighted by Crippen LogP contribution is 2.48. The first-order valence-electron chi connectivity index (χ1n) is 12.1. The molecule has 2 N–H and O–H groups in total. The third-order valence-corrected chi connectivity index (χ3v) is 7.54. The third-order valence-electron chi connectivity index (χ3n) is 7.54. The Hall–Kier alpha value is -4.17. The van der Waals surface area contributed by atoms with Gasteiger partial charge in [-0.15, -0.1) is 0 Å². The zero-order valence-corrected chi connectivity index (χ0v) is 19.8. The number of benzene rings is 1. The number of hydrogen-bond acceptors (Lipinski definition) is 6. The molecule has 1 spiro atoms. The van der Waals surface area contributed by atoms with Crippen LogP contribution in [0, 0.1) is 0 Å². The average molecular weight is 479 g/mol. The number of hydrogen-bond donors (Lipinski definition) is 1. The summed E-state index contributed by atoms with van der Waals surface area (Å²) in [5.74, 6) is -0.0407. The highest BCUT2D eigenvalue weighted by molar-refractivity contribution is 6.08. The maximum Gasteiger partial charge on any atom is 0.238 e. The first kappa shape index (κ1) is 22.3. The SMILES string of the molecule is NCC(=O)N1CCC2(CC1)C(=O)N(Cc1ncc3ccccc3c1-c1cccnc1)c1cnccc12. The van der Waals surface area contributed by atoms with Crippen LogP contribution in [0.5, 0.6) is 0 Å². The van der Waals surface area contributed by atoms with Crippen molar-refractivity contribution < 1.29 is 9.59 Å². The lowest BCUT2D eigenvalue weighted by atomic mass is 9.74. The monoisotopic (exact) mass is 478 g/mol. The van der Waals surface area contributed by atoms with Crippen LogP contribution in [-0.4, -0.2) is 51.3 Å². The van der Waals surface area contributed by atoms with Gasteiger partial charge in [-0.3, -0.25) is 24.5 Å². The smallest absolute Gasteiger partial charge is 0.238 e. The average Bonchev–Trinajstić information content (AvgIpc) is 3.16. The van der Waals surface area contributed by atoms with E-state index in [4.69, 9.17) is 10.7 Å². The van der Waals surface area contributed by atoms with Crippen LogP contribution in [0.25, 0.3) is 21.9 Å². The Morgan fingerprint density at radius 3 is 2.56 bits per heavy atom. The lowest BCUT2D eigenvalue weighted by Crippen LogP contribution is -2.51. The van der Waals surface area contributed by atoms with E-state index >= 15 is 0 Å². The number of piperidine rings is 1. The summed E-state index contributed by atoms with van der Waals surface area (Å²) in [6, 6.07) is 14.0. The second-order valence-electron chi connectivity index (χ2n) is 9.36. The zero-order chi connectivity index (χ0) is 24.7. The summed E-state index contributed by atoms with van der Waals surface area (Å²) in [4.78, 5) is 43.4. The van der Waals surface area contributed by atoms with Crippen LogP contribution in [0.2, 0.25) is 0 Å². The predicted octanol–water partition coefficient (Wildman–Crippen LogP) is 3.06. The molecule has 8 heteroatoms. The van der Waals surface area contributed by atoms with Gasteiger partial charge in [0.2, 0.25) is 11.8 Å². The zero-order valence-electron chi connectivity index (χ0n) is 19.8. The van der Waals surface area contributed by atoms with Gasteiger partial charge in [-0.05, 0) is 35.9 Å². The minimum Gasteiger partial charge on any atom is -0.342 e. The summed E-state index contributed by atoms with van der Waals surface area (Å²) in [5, 5.41) is 2.10. The quantitative estimate of drug-likeness (QED) is 0.483. The first-order valence-corrected chi connectivity index (χ1v) is 12.1. The fourth-order valence-electron chi connectivity index (χ4n) is 5.70. The number of amides is 2. The molecule has 1 fully saturated rings. The number of carbonyl (C=O) groups excluding carboxylic acids is 2. The van der Waals surface area contributed by atoms with Crippen molar-refractivity contribution in [1.29, 1.82) is 0 Å². The summed E-state index contributed by atoms with van der Waals surface area (Å²) < 4.78 is 0. The summed E-state index contributed by atoms with van der Waals surface area (Å²) in [6.07, 6.45) is 10.1. The van der Waals surface area contributed by atoms with Crippen LogP contribution in [0.15, 0.2) is 73.4 Å². The van der Waals surface area contributed by atoms with Crippen molar-refractivity contribution in [1.82, 2.24) is 19.9 Å². The van der Waals surface area contributed by atoms with E-state index in [1.165, 1.54) is 0 Å². The third kappa shape index (κ3) is 3.45. The summed E-state index contributed by atoms with van der Waals surface area (Å²) in [5.41, 5.74) is 9.43. The minimum atomic E-state index is -0.672. The molecule has 2 aliphatic heterocycles. The van der Waals surface area contributed by atoms with Crippen LogP contribution in [0.1, 0.15) is 24.1 Å². The molecule has 36 heavy (non-hydrogen) atoms. The van der Waals surface area contributed by atoms with E-state index in [-0.39, 0.29) is 18.4 Å². The molecule has 3 aromatic heterocycles. The summed E-state index contributed by atoms with van der Waals surface area (Å²) >= 11 is 0. The second-order valence-corrected chi connectivity index (χ2v) is 9.36. The number of pyridine rings is 3. The van der Waals surface area contributed by atoms with Crippen LogP contribution >= 0.6 is 0 Å². The molecule has 0 bridgehead atoms. The van der Waals surface area contributed by atoms with E-state index in [2.05, 4.69) is 16.0 Å². The summed E-state index contributed by atoms with van der Waals surface area (Å²) in [7, 11) is 0. The van der Waals surface area contributed by atoms with Gasteiger partial charge in [0.15, 0.2) is 0 Å². The van der Waals surface area contributed by atoms with Crippen LogP contribution < -0.4 is 10.6 Å². The highest BCUT2D eigenvalue weighted by Gasteiger charge is 2.52. The number of nitrogens with zero attached hydrogens (tertiary/aromatic N) is 5. The number of likely N-dealkylation sites (tertiary alicyclic amines) is 1. The molecule has 2 aliphatic rings. The Morgan fingerprint density at radius 1 is 0.972 bits per heavy atom. The van der Waals surface area contributed by atoms with Gasteiger partial charge in [0, 0.05) is 54.4 Å². The maximum atomic E-state index is 14.1. The molecule has 0 unspecified atom stereocenters. The van der Waals surface area contributed by atoms with Gasteiger partial charge >= 0.3 is 0 Å². The molecular formula is C28H26N6O2. The molecule has 5 heterocycles. The molecule has 4 aromatic rings. The largest absolute Gasteiger partial charge is 0.342 e. The molecular weight excluding hydrogens is 452 g/mol. The molecule has 1 saturated heterocycles. The molecule has 180 valence electrons.